The Morgan fingerprint density at radius 2 is 2.40 bits per heavy atom. The molecule has 0 fully saturated rings. The zero-order valence-corrected chi connectivity index (χ0v) is 13.1. The van der Waals surface area contributed by atoms with Crippen LogP contribution in [0.1, 0.15) is 30.1 Å². The molecule has 2 rings (SSSR count). The van der Waals surface area contributed by atoms with Gasteiger partial charge in [-0.15, -0.1) is 17.9 Å². The molecular weight excluding hydrogens is 258 g/mol. The van der Waals surface area contributed by atoms with Crippen LogP contribution in [0, 0.1) is 5.92 Å². The predicted octanol–water partition coefficient (Wildman–Crippen LogP) is 4.36. The standard InChI is InChI=1S/C10H17NP4/c1-7-2-3-8-4-5-11-6-9(8)10(7)15(13)14-12/h4-7,10,14H,2-3,12-13H2,1H3/t7-,10-,15?/m0/s1. The molecular formula is C10H17NP4. The maximum atomic E-state index is 4.30. The summed E-state index contributed by atoms with van der Waals surface area (Å²) in [5.74, 6) is 0.818. The van der Waals surface area contributed by atoms with E-state index in [0.717, 1.165) is 19.5 Å². The average Bonchev–Trinajstić information content (AvgIpc) is 2.28. The van der Waals surface area contributed by atoms with Gasteiger partial charge in [-0.3, -0.25) is 4.98 Å². The number of nitrogens with zero attached hydrogens (tertiary/aromatic N) is 1. The molecule has 1 heterocycles. The second-order valence-electron chi connectivity index (χ2n) is 4.07. The van der Waals surface area contributed by atoms with Crippen LogP contribution in [0.3, 0.4) is 0 Å². The number of hydrogen-bond donors (Lipinski definition) is 0. The third kappa shape index (κ3) is 2.58. The quantitative estimate of drug-likeness (QED) is 0.731. The second kappa shape index (κ2) is 5.47. The second-order valence-corrected chi connectivity index (χ2v) is 13.6. The van der Waals surface area contributed by atoms with Crippen LogP contribution < -0.4 is 0 Å². The fraction of sp³-hybridized carbons (Fsp3) is 0.500. The lowest BCUT2D eigenvalue weighted by Crippen LogP contribution is -2.15. The van der Waals surface area contributed by atoms with Crippen LogP contribution in [0.4, 0.5) is 0 Å². The Kier molecular flexibility index (Phi) is 4.50. The maximum absolute atomic E-state index is 4.30. The number of aryl methyl sites for hydroxylation is 1. The first-order valence-corrected chi connectivity index (χ1v) is 11.8. The van der Waals surface area contributed by atoms with Gasteiger partial charge in [0.2, 0.25) is 0 Å². The maximum Gasteiger partial charge on any atom is 0.0309 e. The van der Waals surface area contributed by atoms with Crippen LogP contribution in [0.5, 0.6) is 0 Å². The molecule has 0 bridgehead atoms. The Morgan fingerprint density at radius 3 is 3.13 bits per heavy atom. The fourth-order valence-electron chi connectivity index (χ4n) is 2.28. The van der Waals surface area contributed by atoms with E-state index in [0.29, 0.717) is 0 Å². The van der Waals surface area contributed by atoms with E-state index in [1.807, 2.05) is 6.20 Å². The van der Waals surface area contributed by atoms with Crippen LogP contribution in [0.25, 0.3) is 0 Å². The van der Waals surface area contributed by atoms with Crippen molar-refractivity contribution in [2.75, 3.05) is 0 Å². The first-order chi connectivity index (χ1) is 7.24. The van der Waals surface area contributed by atoms with Gasteiger partial charge in [0, 0.05) is 18.1 Å². The minimum atomic E-state index is 0.0449. The van der Waals surface area contributed by atoms with Crippen LogP contribution in [-0.2, 0) is 6.42 Å². The van der Waals surface area contributed by atoms with Crippen molar-refractivity contribution in [3.05, 3.63) is 29.6 Å². The van der Waals surface area contributed by atoms with Gasteiger partial charge in [0.15, 0.2) is 0 Å². The van der Waals surface area contributed by atoms with Crippen molar-refractivity contribution in [3.8, 4) is 0 Å². The lowest BCUT2D eigenvalue weighted by molar-refractivity contribution is 0.488. The fourth-order valence-corrected chi connectivity index (χ4v) is 8.14. The van der Waals surface area contributed by atoms with Crippen LogP contribution in [0.15, 0.2) is 18.5 Å². The lowest BCUT2D eigenvalue weighted by atomic mass is 9.86. The van der Waals surface area contributed by atoms with E-state index < -0.39 is 0 Å². The summed E-state index contributed by atoms with van der Waals surface area (Å²) in [6, 6.07) is 2.20. The van der Waals surface area contributed by atoms with E-state index in [1.54, 1.807) is 0 Å². The summed E-state index contributed by atoms with van der Waals surface area (Å²) in [5.41, 5.74) is 3.80. The number of fused-ring (bicyclic) bond motifs is 1. The summed E-state index contributed by atoms with van der Waals surface area (Å²) in [6.45, 7) is 2.39. The molecule has 0 spiro atoms. The van der Waals surface area contributed by atoms with Gasteiger partial charge in [0.1, 0.15) is 0 Å². The molecule has 1 aliphatic carbocycles. The van der Waals surface area contributed by atoms with Crippen LogP contribution in [-0.4, -0.2) is 4.98 Å². The van der Waals surface area contributed by atoms with Gasteiger partial charge in [-0.05, 0) is 36.0 Å². The Bertz CT molecular complexity index is 344. The van der Waals surface area contributed by atoms with E-state index >= 15 is 0 Å². The highest BCUT2D eigenvalue weighted by molar-refractivity contribution is 8.61. The van der Waals surface area contributed by atoms with E-state index in [-0.39, 0.29) is 7.30 Å². The van der Waals surface area contributed by atoms with Crippen molar-refractivity contribution in [3.63, 3.8) is 0 Å². The topological polar surface area (TPSA) is 12.9 Å². The Labute approximate surface area is 99.2 Å². The third-order valence-electron chi connectivity index (χ3n) is 3.12. The largest absolute Gasteiger partial charge is 0.264 e. The Balaban J connectivity index is 2.37. The van der Waals surface area contributed by atoms with Crippen molar-refractivity contribution < 1.29 is 0 Å². The molecule has 1 aromatic rings. The summed E-state index contributed by atoms with van der Waals surface area (Å²) in [6.07, 6.45) is 6.60. The summed E-state index contributed by atoms with van der Waals surface area (Å²) in [7, 11) is 7.01. The van der Waals surface area contributed by atoms with Gasteiger partial charge in [0.25, 0.3) is 0 Å². The van der Waals surface area contributed by atoms with Crippen LogP contribution in [0.2, 0.25) is 0 Å². The van der Waals surface area contributed by atoms with Gasteiger partial charge in [-0.2, -0.15) is 0 Å². The highest BCUT2D eigenvalue weighted by atomic mass is 32.6. The zero-order valence-electron chi connectivity index (χ0n) is 8.85. The lowest BCUT2D eigenvalue weighted by Gasteiger charge is -2.34. The average molecular weight is 275 g/mol. The highest BCUT2D eigenvalue weighted by Gasteiger charge is 2.30. The number of rotatable bonds is 2. The van der Waals surface area contributed by atoms with E-state index in [1.165, 1.54) is 24.0 Å². The smallest absolute Gasteiger partial charge is 0.0309 e. The van der Waals surface area contributed by atoms with Gasteiger partial charge < -0.3 is 0 Å². The van der Waals surface area contributed by atoms with E-state index in [4.69, 9.17) is 0 Å². The summed E-state index contributed by atoms with van der Waals surface area (Å²) in [5, 5.41) is 0. The van der Waals surface area contributed by atoms with Crippen molar-refractivity contribution in [1.29, 1.82) is 0 Å². The summed E-state index contributed by atoms with van der Waals surface area (Å²) in [4.78, 5) is 4.30. The van der Waals surface area contributed by atoms with Gasteiger partial charge in [-0.25, -0.2) is 0 Å². The molecule has 1 aromatic heterocycles. The van der Waals surface area contributed by atoms with Gasteiger partial charge >= 0.3 is 0 Å². The summed E-state index contributed by atoms with van der Waals surface area (Å²) >= 11 is 0. The molecule has 1 nitrogen and oxygen atoms in total. The molecule has 0 saturated heterocycles. The molecule has 0 aromatic carbocycles. The molecule has 0 amide bonds. The SMILES string of the molecule is C[C@H]1CCc2ccncc2[C@H]1P(P)PP. The molecule has 0 radical (unpaired) electrons. The van der Waals surface area contributed by atoms with E-state index in [9.17, 15) is 0 Å². The molecule has 0 N–H and O–H groups in total. The summed E-state index contributed by atoms with van der Waals surface area (Å²) < 4.78 is 0. The number of aromatic nitrogens is 1. The molecule has 1 aliphatic rings. The monoisotopic (exact) mass is 275 g/mol. The van der Waals surface area contributed by atoms with Crippen molar-refractivity contribution in [2.24, 2.45) is 5.92 Å². The predicted molar refractivity (Wildman–Crippen MR) is 79.1 cm³/mol. The Morgan fingerprint density at radius 1 is 1.60 bits per heavy atom. The molecule has 15 heavy (non-hydrogen) atoms. The highest BCUT2D eigenvalue weighted by Crippen LogP contribution is 2.76. The molecule has 6 atom stereocenters. The number of pyridine rings is 1. The molecule has 0 aliphatic heterocycles. The first kappa shape index (κ1) is 12.3. The molecule has 82 valence electrons. The first-order valence-electron chi connectivity index (χ1n) is 5.17. The third-order valence-corrected chi connectivity index (χ3v) is 14.2. The van der Waals surface area contributed by atoms with Gasteiger partial charge in [0.05, 0.1) is 0 Å². The zero-order chi connectivity index (χ0) is 10.8. The van der Waals surface area contributed by atoms with E-state index in [2.05, 4.69) is 42.0 Å². The minimum Gasteiger partial charge on any atom is -0.264 e. The van der Waals surface area contributed by atoms with Crippen molar-refractivity contribution in [1.82, 2.24) is 4.98 Å². The molecule has 4 unspecified atom stereocenters. The minimum absolute atomic E-state index is 0.0449. The molecule has 0 saturated carbocycles. The van der Waals surface area contributed by atoms with Crippen molar-refractivity contribution >= 4 is 33.1 Å². The normalized spacial score (nSPS) is 27.9. The van der Waals surface area contributed by atoms with Gasteiger partial charge in [-0.1, -0.05) is 22.2 Å². The Hall–Kier alpha value is 0.870. The van der Waals surface area contributed by atoms with Crippen molar-refractivity contribution in [2.45, 2.75) is 25.4 Å². The number of hydrogen-bond acceptors (Lipinski definition) is 1. The van der Waals surface area contributed by atoms with Crippen LogP contribution >= 0.6 is 33.1 Å². The molecule has 5 heteroatoms.